The Hall–Kier alpha value is -2.97. The van der Waals surface area contributed by atoms with Gasteiger partial charge in [0, 0.05) is 0 Å². The average Bonchev–Trinajstić information content (AvgIpc) is 3.29. The van der Waals surface area contributed by atoms with Gasteiger partial charge >= 0.3 is 6.18 Å². The molecule has 0 bridgehead atoms. The zero-order valence-corrected chi connectivity index (χ0v) is 15.7. The maximum absolute atomic E-state index is 13.9. The Labute approximate surface area is 167 Å². The van der Waals surface area contributed by atoms with Crippen LogP contribution >= 0.6 is 11.3 Å². The van der Waals surface area contributed by atoms with Crippen molar-refractivity contribution in [3.05, 3.63) is 72.3 Å². The van der Waals surface area contributed by atoms with Crippen LogP contribution in [-0.2, 0) is 0 Å². The van der Waals surface area contributed by atoms with E-state index in [1.807, 2.05) is 30.3 Å². The molecule has 0 aliphatic carbocycles. The highest BCUT2D eigenvalue weighted by Crippen LogP contribution is 2.45. The Morgan fingerprint density at radius 3 is 2.45 bits per heavy atom. The largest absolute Gasteiger partial charge is 0.438 e. The molecule has 4 nitrogen and oxygen atoms in total. The summed E-state index contributed by atoms with van der Waals surface area (Å²) >= 11 is 1.06. The third kappa shape index (κ3) is 2.87. The van der Waals surface area contributed by atoms with E-state index in [2.05, 4.69) is 10.1 Å². The van der Waals surface area contributed by atoms with Crippen molar-refractivity contribution in [1.82, 2.24) is 4.98 Å². The number of aliphatic hydroxyl groups is 1. The van der Waals surface area contributed by atoms with Crippen LogP contribution in [0.15, 0.2) is 71.8 Å². The molecule has 3 aromatic carbocycles. The SMILES string of the molecule is OC1(C(F)(F)F)CC(c2ccc3ccccc3c2)=NN1c1nc2ccccc2s1. The van der Waals surface area contributed by atoms with Crippen molar-refractivity contribution in [2.75, 3.05) is 5.01 Å². The maximum atomic E-state index is 13.9. The lowest BCUT2D eigenvalue weighted by Gasteiger charge is -2.32. The molecule has 0 fully saturated rings. The van der Waals surface area contributed by atoms with Gasteiger partial charge in [0.2, 0.25) is 5.13 Å². The molecule has 1 aliphatic heterocycles. The van der Waals surface area contributed by atoms with Gasteiger partial charge in [0.15, 0.2) is 0 Å². The van der Waals surface area contributed by atoms with Crippen LogP contribution in [0.3, 0.4) is 0 Å². The average molecular weight is 413 g/mol. The molecule has 2 heterocycles. The summed E-state index contributed by atoms with van der Waals surface area (Å²) in [7, 11) is 0. The van der Waals surface area contributed by atoms with Crippen LogP contribution in [-0.4, -0.2) is 27.7 Å². The molecule has 1 atom stereocenters. The van der Waals surface area contributed by atoms with Crippen LogP contribution in [0.5, 0.6) is 0 Å². The van der Waals surface area contributed by atoms with Crippen LogP contribution in [0.25, 0.3) is 21.0 Å². The number of alkyl halides is 3. The van der Waals surface area contributed by atoms with Gasteiger partial charge < -0.3 is 5.11 Å². The maximum Gasteiger partial charge on any atom is 0.438 e. The summed E-state index contributed by atoms with van der Waals surface area (Å²) in [6, 6.07) is 19.9. The number of hydrazone groups is 1. The van der Waals surface area contributed by atoms with Gasteiger partial charge in [0.25, 0.3) is 5.72 Å². The number of hydrogen-bond donors (Lipinski definition) is 1. The first kappa shape index (κ1) is 18.1. The van der Waals surface area contributed by atoms with Gasteiger partial charge in [-0.05, 0) is 34.5 Å². The molecular weight excluding hydrogens is 399 g/mol. The summed E-state index contributed by atoms with van der Waals surface area (Å²) in [6.07, 6.45) is -5.59. The fourth-order valence-corrected chi connectivity index (χ4v) is 4.43. The van der Waals surface area contributed by atoms with Gasteiger partial charge in [-0.25, -0.2) is 4.98 Å². The first-order valence-corrected chi connectivity index (χ1v) is 9.68. The molecule has 0 saturated heterocycles. The molecule has 0 amide bonds. The van der Waals surface area contributed by atoms with Crippen molar-refractivity contribution in [2.45, 2.75) is 18.3 Å². The molecule has 146 valence electrons. The smallest absolute Gasteiger partial charge is 0.362 e. The van der Waals surface area contributed by atoms with E-state index in [0.29, 0.717) is 16.1 Å². The lowest BCUT2D eigenvalue weighted by atomic mass is 9.98. The van der Waals surface area contributed by atoms with E-state index in [-0.39, 0.29) is 10.8 Å². The molecule has 8 heteroatoms. The Balaban J connectivity index is 1.64. The molecule has 4 aromatic rings. The van der Waals surface area contributed by atoms with E-state index < -0.39 is 18.3 Å². The second kappa shape index (κ2) is 6.27. The van der Waals surface area contributed by atoms with Crippen molar-refractivity contribution < 1.29 is 18.3 Å². The monoisotopic (exact) mass is 413 g/mol. The number of anilines is 1. The molecule has 0 saturated carbocycles. The minimum absolute atomic E-state index is 0.00168. The van der Waals surface area contributed by atoms with Crippen molar-refractivity contribution >= 4 is 43.2 Å². The highest BCUT2D eigenvalue weighted by Gasteiger charge is 2.62. The Morgan fingerprint density at radius 1 is 0.966 bits per heavy atom. The number of aromatic nitrogens is 1. The standard InChI is InChI=1S/C21H14F3N3OS/c22-21(23,24)20(28)12-17(15-10-9-13-5-1-2-6-14(13)11-15)26-27(20)19-25-16-7-3-4-8-18(16)29-19/h1-11,28H,12H2. The van der Waals surface area contributed by atoms with E-state index in [1.165, 1.54) is 0 Å². The van der Waals surface area contributed by atoms with Crippen LogP contribution in [0.2, 0.25) is 0 Å². The molecule has 1 unspecified atom stereocenters. The summed E-state index contributed by atoms with van der Waals surface area (Å²) in [6.45, 7) is 0. The van der Waals surface area contributed by atoms with Crippen LogP contribution in [0.4, 0.5) is 18.3 Å². The van der Waals surface area contributed by atoms with E-state index >= 15 is 0 Å². The number of para-hydroxylation sites is 1. The minimum atomic E-state index is -4.91. The van der Waals surface area contributed by atoms with Gasteiger partial charge in [-0.15, -0.1) is 0 Å². The summed E-state index contributed by atoms with van der Waals surface area (Å²) in [5.41, 5.74) is -1.89. The number of hydrogen-bond acceptors (Lipinski definition) is 5. The first-order chi connectivity index (χ1) is 13.8. The van der Waals surface area contributed by atoms with Crippen molar-refractivity contribution in [3.63, 3.8) is 0 Å². The van der Waals surface area contributed by atoms with Crippen molar-refractivity contribution in [2.24, 2.45) is 5.10 Å². The zero-order valence-electron chi connectivity index (χ0n) is 14.9. The lowest BCUT2D eigenvalue weighted by molar-refractivity contribution is -0.254. The number of rotatable bonds is 2. The van der Waals surface area contributed by atoms with E-state index in [1.54, 1.807) is 36.4 Å². The van der Waals surface area contributed by atoms with Gasteiger partial charge in [0.05, 0.1) is 22.3 Å². The topological polar surface area (TPSA) is 48.7 Å². The molecule has 0 spiro atoms. The fourth-order valence-electron chi connectivity index (χ4n) is 3.45. The zero-order chi connectivity index (χ0) is 20.2. The third-order valence-electron chi connectivity index (χ3n) is 4.99. The molecule has 5 rings (SSSR count). The highest BCUT2D eigenvalue weighted by molar-refractivity contribution is 7.22. The fraction of sp³-hybridized carbons (Fsp3) is 0.143. The van der Waals surface area contributed by atoms with E-state index in [0.717, 1.165) is 26.8 Å². The summed E-state index contributed by atoms with van der Waals surface area (Å²) in [5.74, 6) is 0. The van der Waals surface area contributed by atoms with Crippen LogP contribution < -0.4 is 5.01 Å². The number of halogens is 3. The molecular formula is C21H14F3N3OS. The Bertz CT molecular complexity index is 1230. The van der Waals surface area contributed by atoms with E-state index in [9.17, 15) is 18.3 Å². The second-order valence-electron chi connectivity index (χ2n) is 6.88. The third-order valence-corrected chi connectivity index (χ3v) is 6.00. The normalized spacial score (nSPS) is 19.9. The lowest BCUT2D eigenvalue weighted by Crippen LogP contribution is -2.55. The molecule has 1 aromatic heterocycles. The number of thiazole rings is 1. The molecule has 1 N–H and O–H groups in total. The Kier molecular flexibility index (Phi) is 3.91. The van der Waals surface area contributed by atoms with Crippen molar-refractivity contribution in [3.8, 4) is 0 Å². The number of nitrogens with zero attached hydrogens (tertiary/aromatic N) is 3. The van der Waals surface area contributed by atoms with Crippen LogP contribution in [0.1, 0.15) is 12.0 Å². The summed E-state index contributed by atoms with van der Waals surface area (Å²) < 4.78 is 42.4. The quantitative estimate of drug-likeness (QED) is 0.484. The van der Waals surface area contributed by atoms with Crippen LogP contribution in [0, 0.1) is 0 Å². The minimum Gasteiger partial charge on any atom is -0.362 e. The highest BCUT2D eigenvalue weighted by atomic mass is 32.1. The number of fused-ring (bicyclic) bond motifs is 2. The Morgan fingerprint density at radius 2 is 1.69 bits per heavy atom. The molecule has 0 radical (unpaired) electrons. The molecule has 29 heavy (non-hydrogen) atoms. The first-order valence-electron chi connectivity index (χ1n) is 8.87. The van der Waals surface area contributed by atoms with Gasteiger partial charge in [-0.3, -0.25) is 0 Å². The second-order valence-corrected chi connectivity index (χ2v) is 7.88. The van der Waals surface area contributed by atoms with Gasteiger partial charge in [0.1, 0.15) is 0 Å². The number of benzene rings is 3. The van der Waals surface area contributed by atoms with Gasteiger partial charge in [-0.2, -0.15) is 23.3 Å². The van der Waals surface area contributed by atoms with E-state index in [4.69, 9.17) is 0 Å². The summed E-state index contributed by atoms with van der Waals surface area (Å²) in [4.78, 5) is 4.26. The predicted octanol–water partition coefficient (Wildman–Crippen LogP) is 5.31. The van der Waals surface area contributed by atoms with Gasteiger partial charge in [-0.1, -0.05) is 59.9 Å². The van der Waals surface area contributed by atoms with Crippen molar-refractivity contribution in [1.29, 1.82) is 0 Å². The molecule has 1 aliphatic rings. The predicted molar refractivity (Wildman–Crippen MR) is 108 cm³/mol. The summed E-state index contributed by atoms with van der Waals surface area (Å²) in [5, 5.41) is 17.3.